The van der Waals surface area contributed by atoms with Crippen LogP contribution >= 0.6 is 0 Å². The molecule has 2 nitrogen and oxygen atoms in total. The number of nitrogens with one attached hydrogen (secondary N) is 1. The molecule has 2 aromatic rings. The molecule has 0 saturated carbocycles. The van der Waals surface area contributed by atoms with Gasteiger partial charge in [0.25, 0.3) is 0 Å². The van der Waals surface area contributed by atoms with Crippen LogP contribution in [0, 0.1) is 0 Å². The third-order valence-electron chi connectivity index (χ3n) is 2.90. The van der Waals surface area contributed by atoms with Gasteiger partial charge in [-0.05, 0) is 48.2 Å². The highest BCUT2D eigenvalue weighted by Gasteiger charge is 1.98. The minimum absolute atomic E-state index is 0.956. The molecular weight excluding hydrogens is 220 g/mol. The van der Waals surface area contributed by atoms with Crippen molar-refractivity contribution >= 4 is 0 Å². The van der Waals surface area contributed by atoms with Gasteiger partial charge in [-0.1, -0.05) is 31.2 Å². The summed E-state index contributed by atoms with van der Waals surface area (Å²) in [6.07, 6.45) is 5.85. The van der Waals surface area contributed by atoms with Crippen LogP contribution in [-0.2, 0) is 13.0 Å². The van der Waals surface area contributed by atoms with E-state index in [4.69, 9.17) is 0 Å². The predicted molar refractivity (Wildman–Crippen MR) is 75.5 cm³/mol. The molecule has 94 valence electrons. The maximum atomic E-state index is 4.04. The van der Waals surface area contributed by atoms with E-state index >= 15 is 0 Å². The van der Waals surface area contributed by atoms with Crippen molar-refractivity contribution in [1.29, 1.82) is 0 Å². The summed E-state index contributed by atoms with van der Waals surface area (Å²) in [5, 5.41) is 3.43. The number of nitrogens with zero attached hydrogens (tertiary/aromatic N) is 1. The lowest BCUT2D eigenvalue weighted by Crippen LogP contribution is -2.13. The van der Waals surface area contributed by atoms with Gasteiger partial charge in [0.15, 0.2) is 0 Å². The second-order valence-electron chi connectivity index (χ2n) is 4.53. The Morgan fingerprint density at radius 3 is 2.56 bits per heavy atom. The standard InChI is InChI=1S/C16H20N2/c1-2-8-18-13-16-5-3-4-15(12-16)11-14-6-9-17-10-7-14/h3-7,9-10,12,18H,2,8,11,13H2,1H3. The highest BCUT2D eigenvalue weighted by molar-refractivity contribution is 5.28. The molecule has 0 amide bonds. The van der Waals surface area contributed by atoms with E-state index < -0.39 is 0 Å². The molecule has 18 heavy (non-hydrogen) atoms. The Bertz CT molecular complexity index is 466. The van der Waals surface area contributed by atoms with Gasteiger partial charge in [-0.15, -0.1) is 0 Å². The van der Waals surface area contributed by atoms with Crippen LogP contribution in [0.1, 0.15) is 30.0 Å². The Kier molecular flexibility index (Phi) is 4.91. The molecule has 0 aliphatic heterocycles. The molecule has 0 atom stereocenters. The van der Waals surface area contributed by atoms with Gasteiger partial charge in [-0.3, -0.25) is 4.98 Å². The molecule has 0 radical (unpaired) electrons. The van der Waals surface area contributed by atoms with Crippen molar-refractivity contribution in [2.45, 2.75) is 26.3 Å². The average Bonchev–Trinajstić information content (AvgIpc) is 2.41. The molecule has 2 rings (SSSR count). The summed E-state index contributed by atoms with van der Waals surface area (Å²) in [6.45, 7) is 4.22. The highest BCUT2D eigenvalue weighted by atomic mass is 14.8. The van der Waals surface area contributed by atoms with Crippen LogP contribution in [-0.4, -0.2) is 11.5 Å². The van der Waals surface area contributed by atoms with Gasteiger partial charge in [-0.25, -0.2) is 0 Å². The van der Waals surface area contributed by atoms with E-state index in [1.54, 1.807) is 0 Å². The highest BCUT2D eigenvalue weighted by Crippen LogP contribution is 2.10. The second kappa shape index (κ2) is 6.92. The summed E-state index contributed by atoms with van der Waals surface area (Å²) < 4.78 is 0. The zero-order valence-electron chi connectivity index (χ0n) is 10.9. The minimum Gasteiger partial charge on any atom is -0.313 e. The first-order chi connectivity index (χ1) is 8.88. The Morgan fingerprint density at radius 1 is 1.00 bits per heavy atom. The van der Waals surface area contributed by atoms with E-state index in [2.05, 4.69) is 53.6 Å². The van der Waals surface area contributed by atoms with Crippen LogP contribution in [0.15, 0.2) is 48.8 Å². The van der Waals surface area contributed by atoms with Crippen LogP contribution in [0.2, 0.25) is 0 Å². The molecule has 0 unspecified atom stereocenters. The molecule has 0 aliphatic carbocycles. The predicted octanol–water partition coefficient (Wildman–Crippen LogP) is 3.17. The smallest absolute Gasteiger partial charge is 0.0270 e. The summed E-state index contributed by atoms with van der Waals surface area (Å²) in [4.78, 5) is 4.04. The van der Waals surface area contributed by atoms with Crippen LogP contribution in [0.5, 0.6) is 0 Å². The third kappa shape index (κ3) is 3.97. The summed E-state index contributed by atoms with van der Waals surface area (Å²) in [5.74, 6) is 0. The summed E-state index contributed by atoms with van der Waals surface area (Å²) in [5.41, 5.74) is 4.02. The van der Waals surface area contributed by atoms with Crippen molar-refractivity contribution < 1.29 is 0 Å². The fraction of sp³-hybridized carbons (Fsp3) is 0.312. The van der Waals surface area contributed by atoms with Crippen molar-refractivity contribution in [2.24, 2.45) is 0 Å². The van der Waals surface area contributed by atoms with Crippen LogP contribution in [0.25, 0.3) is 0 Å². The Labute approximate surface area is 109 Å². The minimum atomic E-state index is 0.956. The van der Waals surface area contributed by atoms with Gasteiger partial charge >= 0.3 is 0 Å². The fourth-order valence-electron chi connectivity index (χ4n) is 2.00. The van der Waals surface area contributed by atoms with Crippen molar-refractivity contribution in [3.8, 4) is 0 Å². The number of hydrogen-bond acceptors (Lipinski definition) is 2. The number of aromatic nitrogens is 1. The molecule has 0 bridgehead atoms. The van der Waals surface area contributed by atoms with Gasteiger partial charge in [0.1, 0.15) is 0 Å². The summed E-state index contributed by atoms with van der Waals surface area (Å²) in [7, 11) is 0. The van der Waals surface area contributed by atoms with Crippen molar-refractivity contribution in [3.05, 3.63) is 65.5 Å². The molecular formula is C16H20N2. The normalized spacial score (nSPS) is 10.5. The topological polar surface area (TPSA) is 24.9 Å². The van der Waals surface area contributed by atoms with E-state index in [0.717, 1.165) is 19.5 Å². The van der Waals surface area contributed by atoms with Crippen molar-refractivity contribution in [1.82, 2.24) is 10.3 Å². The van der Waals surface area contributed by atoms with Crippen LogP contribution in [0.4, 0.5) is 0 Å². The maximum Gasteiger partial charge on any atom is 0.0270 e. The van der Waals surface area contributed by atoms with Gasteiger partial charge in [0.2, 0.25) is 0 Å². The largest absolute Gasteiger partial charge is 0.313 e. The van der Waals surface area contributed by atoms with E-state index in [1.165, 1.54) is 23.1 Å². The second-order valence-corrected chi connectivity index (χ2v) is 4.53. The van der Waals surface area contributed by atoms with Gasteiger partial charge in [0.05, 0.1) is 0 Å². The van der Waals surface area contributed by atoms with E-state index in [9.17, 15) is 0 Å². The summed E-state index contributed by atoms with van der Waals surface area (Å²) in [6, 6.07) is 12.9. The Balaban J connectivity index is 1.99. The van der Waals surface area contributed by atoms with Gasteiger partial charge < -0.3 is 5.32 Å². The number of benzene rings is 1. The molecule has 1 aromatic carbocycles. The Morgan fingerprint density at radius 2 is 1.78 bits per heavy atom. The quantitative estimate of drug-likeness (QED) is 0.784. The Hall–Kier alpha value is -1.67. The average molecular weight is 240 g/mol. The van der Waals surface area contributed by atoms with Gasteiger partial charge in [-0.2, -0.15) is 0 Å². The zero-order chi connectivity index (χ0) is 12.6. The molecule has 0 fully saturated rings. The summed E-state index contributed by atoms with van der Waals surface area (Å²) >= 11 is 0. The first-order valence-electron chi connectivity index (χ1n) is 6.56. The third-order valence-corrected chi connectivity index (χ3v) is 2.90. The zero-order valence-corrected chi connectivity index (χ0v) is 10.9. The number of hydrogen-bond donors (Lipinski definition) is 1. The SMILES string of the molecule is CCCNCc1cccc(Cc2ccncc2)c1. The van der Waals surface area contributed by atoms with Gasteiger partial charge in [0, 0.05) is 18.9 Å². The van der Waals surface area contributed by atoms with E-state index in [0.29, 0.717) is 0 Å². The lowest BCUT2D eigenvalue weighted by molar-refractivity contribution is 0.675. The van der Waals surface area contributed by atoms with Crippen molar-refractivity contribution in [2.75, 3.05) is 6.54 Å². The van der Waals surface area contributed by atoms with Crippen LogP contribution in [0.3, 0.4) is 0 Å². The maximum absolute atomic E-state index is 4.04. The van der Waals surface area contributed by atoms with E-state index in [-0.39, 0.29) is 0 Å². The molecule has 1 aromatic heterocycles. The lowest BCUT2D eigenvalue weighted by atomic mass is 10.0. The molecule has 0 spiro atoms. The fourth-order valence-corrected chi connectivity index (χ4v) is 2.00. The molecule has 0 saturated heterocycles. The van der Waals surface area contributed by atoms with Crippen LogP contribution < -0.4 is 5.32 Å². The van der Waals surface area contributed by atoms with E-state index in [1.807, 2.05) is 12.4 Å². The number of rotatable bonds is 6. The molecule has 1 heterocycles. The molecule has 1 N–H and O–H groups in total. The number of pyridine rings is 1. The van der Waals surface area contributed by atoms with Crippen molar-refractivity contribution in [3.63, 3.8) is 0 Å². The first kappa shape index (κ1) is 12.8. The lowest BCUT2D eigenvalue weighted by Gasteiger charge is -2.06. The monoisotopic (exact) mass is 240 g/mol. The first-order valence-corrected chi connectivity index (χ1v) is 6.56. The molecule has 2 heteroatoms. The molecule has 0 aliphatic rings.